The van der Waals surface area contributed by atoms with Crippen molar-refractivity contribution >= 4 is 5.91 Å². The van der Waals surface area contributed by atoms with Crippen LogP contribution in [0, 0.1) is 23.6 Å². The number of carbonyl (C=O) groups excluding carboxylic acids is 1. The van der Waals surface area contributed by atoms with E-state index in [1.54, 1.807) is 4.90 Å². The van der Waals surface area contributed by atoms with Gasteiger partial charge in [0.2, 0.25) is 0 Å². The summed E-state index contributed by atoms with van der Waals surface area (Å²) >= 11 is 0. The predicted molar refractivity (Wildman–Crippen MR) is 76.1 cm³/mol. The summed E-state index contributed by atoms with van der Waals surface area (Å²) < 4.78 is 13.3. The molecule has 1 amide bonds. The Morgan fingerprint density at radius 1 is 1.43 bits per heavy atom. The van der Waals surface area contributed by atoms with Gasteiger partial charge in [-0.25, -0.2) is 4.39 Å². The maximum absolute atomic E-state index is 13.3. The van der Waals surface area contributed by atoms with Gasteiger partial charge >= 0.3 is 0 Å². The van der Waals surface area contributed by atoms with Crippen molar-refractivity contribution in [1.29, 1.82) is 0 Å². The molecule has 112 valence electrons. The lowest BCUT2D eigenvalue weighted by molar-refractivity contribution is 0.0781. The summed E-state index contributed by atoms with van der Waals surface area (Å²) in [4.78, 5) is 14.1. The molecule has 0 spiro atoms. The van der Waals surface area contributed by atoms with Gasteiger partial charge in [-0.2, -0.15) is 0 Å². The smallest absolute Gasteiger partial charge is 0.255 e. The minimum atomic E-state index is -0.450. The first kappa shape index (κ1) is 15.5. The van der Waals surface area contributed by atoms with Gasteiger partial charge in [0.1, 0.15) is 5.82 Å². The molecular formula is C16H18FNO3. The Balaban J connectivity index is 2.23. The van der Waals surface area contributed by atoms with Crippen LogP contribution in [0.2, 0.25) is 0 Å². The van der Waals surface area contributed by atoms with Crippen LogP contribution in [0.1, 0.15) is 28.8 Å². The number of hydrogen-bond donors (Lipinski definition) is 2. The van der Waals surface area contributed by atoms with Crippen molar-refractivity contribution in [2.45, 2.75) is 12.8 Å². The highest BCUT2D eigenvalue weighted by molar-refractivity contribution is 5.97. The number of hydrogen-bond acceptors (Lipinski definition) is 3. The van der Waals surface area contributed by atoms with Gasteiger partial charge in [-0.1, -0.05) is 11.8 Å². The van der Waals surface area contributed by atoms with E-state index in [9.17, 15) is 9.18 Å². The molecular weight excluding hydrogens is 273 g/mol. The number of benzene rings is 1. The first-order valence-electron chi connectivity index (χ1n) is 6.95. The lowest BCUT2D eigenvalue weighted by Crippen LogP contribution is -2.29. The van der Waals surface area contributed by atoms with Crippen molar-refractivity contribution in [3.8, 4) is 11.8 Å². The first-order chi connectivity index (χ1) is 10.2. The first-order valence-corrected chi connectivity index (χ1v) is 6.95. The van der Waals surface area contributed by atoms with Crippen LogP contribution in [0.4, 0.5) is 4.39 Å². The Morgan fingerprint density at radius 2 is 2.24 bits per heavy atom. The van der Waals surface area contributed by atoms with Crippen molar-refractivity contribution in [2.24, 2.45) is 5.92 Å². The zero-order valence-corrected chi connectivity index (χ0v) is 11.7. The molecule has 0 aromatic heterocycles. The van der Waals surface area contributed by atoms with E-state index in [2.05, 4.69) is 11.8 Å². The molecule has 1 heterocycles. The third kappa shape index (κ3) is 3.81. The number of carbonyl (C=O) groups is 1. The fraction of sp³-hybridized carbons (Fsp3) is 0.438. The Bertz CT molecular complexity index is 577. The lowest BCUT2D eigenvalue weighted by Gasteiger charge is -2.17. The molecule has 2 rings (SSSR count). The molecule has 1 unspecified atom stereocenters. The molecule has 1 aliphatic rings. The molecule has 0 aliphatic carbocycles. The second kappa shape index (κ2) is 7.21. The van der Waals surface area contributed by atoms with Crippen LogP contribution in [0.3, 0.4) is 0 Å². The van der Waals surface area contributed by atoms with Crippen LogP contribution >= 0.6 is 0 Å². The fourth-order valence-corrected chi connectivity index (χ4v) is 2.36. The van der Waals surface area contributed by atoms with Crippen LogP contribution in [0.5, 0.6) is 0 Å². The molecule has 0 radical (unpaired) electrons. The third-order valence-corrected chi connectivity index (χ3v) is 3.50. The maximum Gasteiger partial charge on any atom is 0.255 e. The Labute approximate surface area is 123 Å². The lowest BCUT2D eigenvalue weighted by atomic mass is 10.1. The van der Waals surface area contributed by atoms with Crippen molar-refractivity contribution < 1.29 is 19.4 Å². The average Bonchev–Trinajstić information content (AvgIpc) is 2.96. The normalized spacial score (nSPS) is 17.5. The molecule has 0 bridgehead atoms. The van der Waals surface area contributed by atoms with E-state index in [4.69, 9.17) is 10.2 Å². The molecule has 1 aromatic carbocycles. The van der Waals surface area contributed by atoms with E-state index in [0.29, 0.717) is 24.2 Å². The van der Waals surface area contributed by atoms with E-state index in [1.807, 2.05) is 0 Å². The molecule has 1 fully saturated rings. The largest absolute Gasteiger partial charge is 0.396 e. The summed E-state index contributed by atoms with van der Waals surface area (Å²) in [5, 5.41) is 17.9. The molecule has 2 N–H and O–H groups in total. The van der Waals surface area contributed by atoms with Gasteiger partial charge in [0, 0.05) is 37.6 Å². The number of nitrogens with zero attached hydrogens (tertiary/aromatic N) is 1. The SMILES string of the molecule is O=C(c1ccc(F)cc1C#CCCO)N1CCC(CO)C1. The second-order valence-electron chi connectivity index (χ2n) is 5.05. The summed E-state index contributed by atoms with van der Waals surface area (Å²) in [6.07, 6.45) is 1.05. The van der Waals surface area contributed by atoms with E-state index in [0.717, 1.165) is 6.42 Å². The molecule has 1 aliphatic heterocycles. The summed E-state index contributed by atoms with van der Waals surface area (Å²) in [5.74, 6) is 4.91. The van der Waals surface area contributed by atoms with Crippen LogP contribution in [-0.4, -0.2) is 47.3 Å². The van der Waals surface area contributed by atoms with Gasteiger partial charge in [0.05, 0.1) is 12.2 Å². The molecule has 0 saturated carbocycles. The number of aliphatic hydroxyl groups is 2. The van der Waals surface area contributed by atoms with Crippen LogP contribution in [0.25, 0.3) is 0 Å². The topological polar surface area (TPSA) is 60.8 Å². The number of aliphatic hydroxyl groups excluding tert-OH is 2. The zero-order chi connectivity index (χ0) is 15.2. The fourth-order valence-electron chi connectivity index (χ4n) is 2.36. The highest BCUT2D eigenvalue weighted by atomic mass is 19.1. The van der Waals surface area contributed by atoms with Crippen LogP contribution < -0.4 is 0 Å². The van der Waals surface area contributed by atoms with Crippen molar-refractivity contribution in [3.05, 3.63) is 35.1 Å². The van der Waals surface area contributed by atoms with Gasteiger partial charge in [0.15, 0.2) is 0 Å². The van der Waals surface area contributed by atoms with Crippen molar-refractivity contribution in [2.75, 3.05) is 26.3 Å². The van der Waals surface area contributed by atoms with Crippen molar-refractivity contribution in [3.63, 3.8) is 0 Å². The monoisotopic (exact) mass is 291 g/mol. The molecule has 21 heavy (non-hydrogen) atoms. The second-order valence-corrected chi connectivity index (χ2v) is 5.05. The van der Waals surface area contributed by atoms with E-state index < -0.39 is 5.82 Å². The quantitative estimate of drug-likeness (QED) is 0.817. The average molecular weight is 291 g/mol. The van der Waals surface area contributed by atoms with Gasteiger partial charge in [0.25, 0.3) is 5.91 Å². The maximum atomic E-state index is 13.3. The Morgan fingerprint density at radius 3 is 2.90 bits per heavy atom. The summed E-state index contributed by atoms with van der Waals surface area (Å²) in [7, 11) is 0. The highest BCUT2D eigenvalue weighted by Crippen LogP contribution is 2.20. The number of amides is 1. The predicted octanol–water partition coefficient (Wildman–Crippen LogP) is 1.01. The van der Waals surface area contributed by atoms with Gasteiger partial charge in [-0.3, -0.25) is 4.79 Å². The summed E-state index contributed by atoms with van der Waals surface area (Å²) in [6.45, 7) is 1.09. The van der Waals surface area contributed by atoms with Gasteiger partial charge in [-0.15, -0.1) is 0 Å². The molecule has 1 atom stereocenters. The Kier molecular flexibility index (Phi) is 5.32. The minimum absolute atomic E-state index is 0.0658. The number of halogens is 1. The van der Waals surface area contributed by atoms with E-state index in [-0.39, 0.29) is 31.5 Å². The third-order valence-electron chi connectivity index (χ3n) is 3.50. The molecule has 1 aromatic rings. The van der Waals surface area contributed by atoms with Gasteiger partial charge in [-0.05, 0) is 24.6 Å². The number of likely N-dealkylation sites (tertiary alicyclic amines) is 1. The number of rotatable bonds is 3. The standard InChI is InChI=1S/C16H18FNO3/c17-14-4-5-15(13(9-14)3-1-2-8-19)16(21)18-7-6-12(10-18)11-20/h4-5,9,12,19-20H,2,6-8,10-11H2. The zero-order valence-electron chi connectivity index (χ0n) is 11.7. The summed E-state index contributed by atoms with van der Waals surface area (Å²) in [6, 6.07) is 3.91. The minimum Gasteiger partial charge on any atom is -0.396 e. The van der Waals surface area contributed by atoms with E-state index in [1.165, 1.54) is 18.2 Å². The van der Waals surface area contributed by atoms with Crippen molar-refractivity contribution in [1.82, 2.24) is 4.90 Å². The highest BCUT2D eigenvalue weighted by Gasteiger charge is 2.27. The summed E-state index contributed by atoms with van der Waals surface area (Å²) in [5.41, 5.74) is 0.696. The molecule has 1 saturated heterocycles. The molecule has 4 nitrogen and oxygen atoms in total. The van der Waals surface area contributed by atoms with Crippen LogP contribution in [0.15, 0.2) is 18.2 Å². The van der Waals surface area contributed by atoms with E-state index >= 15 is 0 Å². The van der Waals surface area contributed by atoms with Gasteiger partial charge < -0.3 is 15.1 Å². The van der Waals surface area contributed by atoms with Crippen LogP contribution in [-0.2, 0) is 0 Å². The molecule has 5 heteroatoms. The Hall–Kier alpha value is -1.90.